The normalized spacial score (nSPS) is 16.8. The topological polar surface area (TPSA) is 118 Å². The third-order valence-corrected chi connectivity index (χ3v) is 3.73. The van der Waals surface area contributed by atoms with Crippen molar-refractivity contribution < 1.29 is 9.59 Å². The van der Waals surface area contributed by atoms with E-state index in [0.29, 0.717) is 11.5 Å². The lowest BCUT2D eigenvalue weighted by molar-refractivity contribution is -0.119. The molecule has 0 saturated carbocycles. The van der Waals surface area contributed by atoms with Crippen molar-refractivity contribution in [2.24, 2.45) is 17.9 Å². The second-order valence-electron chi connectivity index (χ2n) is 5.39. The van der Waals surface area contributed by atoms with Crippen LogP contribution in [0, 0.1) is 0 Å². The summed E-state index contributed by atoms with van der Waals surface area (Å²) in [6, 6.07) is 8.45. The predicted octanol–water partition coefficient (Wildman–Crippen LogP) is -0.448. The zero-order chi connectivity index (χ0) is 17.1. The number of benzene rings is 1. The molecule has 2 aromatic rings. The molecule has 2 heterocycles. The summed E-state index contributed by atoms with van der Waals surface area (Å²) < 4.78 is 1.71. The molecule has 1 aliphatic heterocycles. The van der Waals surface area contributed by atoms with Gasteiger partial charge in [0.2, 0.25) is 5.91 Å². The average molecular weight is 327 g/mol. The highest BCUT2D eigenvalue weighted by Crippen LogP contribution is 2.24. The van der Waals surface area contributed by atoms with Gasteiger partial charge in [0, 0.05) is 13.5 Å². The molecule has 0 saturated heterocycles. The van der Waals surface area contributed by atoms with Crippen molar-refractivity contribution in [1.82, 2.24) is 20.1 Å². The molecule has 0 fully saturated rings. The number of rotatable bonds is 5. The fraction of sp³-hybridized carbons (Fsp3) is 0.267. The molecule has 2 amide bonds. The van der Waals surface area contributed by atoms with Crippen LogP contribution in [0.15, 0.2) is 41.8 Å². The number of nitrogens with zero attached hydrogens (tertiary/aromatic N) is 5. The Balaban J connectivity index is 1.74. The number of carbonyl (C=O) groups is 2. The van der Waals surface area contributed by atoms with Gasteiger partial charge < -0.3 is 15.6 Å². The molecule has 9 nitrogen and oxygen atoms in total. The number of amides is 2. The van der Waals surface area contributed by atoms with Crippen molar-refractivity contribution >= 4 is 23.2 Å². The van der Waals surface area contributed by atoms with Gasteiger partial charge >= 0.3 is 0 Å². The number of carbonyl (C=O) groups excluding carboxylic acids is 2. The number of hydrazone groups is 1. The number of anilines is 1. The van der Waals surface area contributed by atoms with Crippen molar-refractivity contribution in [3.8, 4) is 0 Å². The standard InChI is InChI=1S/C15H17N7O2/c1-21-9-18-19-13(21)8-17-15(24)11-7-12(14(16)23)22(20-11)10-5-3-2-4-6-10/h2-6,9,12H,7-8H2,1H3,(H2,16,23)(H,17,24)/t12-/m1/s1. The van der Waals surface area contributed by atoms with Crippen LogP contribution >= 0.6 is 0 Å². The van der Waals surface area contributed by atoms with Gasteiger partial charge in [0.25, 0.3) is 5.91 Å². The summed E-state index contributed by atoms with van der Waals surface area (Å²) in [4.78, 5) is 24.0. The van der Waals surface area contributed by atoms with E-state index in [2.05, 4.69) is 20.6 Å². The highest BCUT2D eigenvalue weighted by Gasteiger charge is 2.34. The van der Waals surface area contributed by atoms with E-state index in [9.17, 15) is 9.59 Å². The zero-order valence-corrected chi connectivity index (χ0v) is 13.1. The van der Waals surface area contributed by atoms with Crippen LogP contribution in [0.25, 0.3) is 0 Å². The van der Waals surface area contributed by atoms with Crippen LogP contribution in [0.5, 0.6) is 0 Å². The molecule has 0 bridgehead atoms. The fourth-order valence-corrected chi connectivity index (χ4v) is 2.42. The number of para-hydroxylation sites is 1. The molecule has 3 rings (SSSR count). The molecule has 0 aliphatic carbocycles. The van der Waals surface area contributed by atoms with Crippen LogP contribution in [0.3, 0.4) is 0 Å². The summed E-state index contributed by atoms with van der Waals surface area (Å²) in [5, 5.41) is 16.1. The van der Waals surface area contributed by atoms with Gasteiger partial charge in [-0.25, -0.2) is 0 Å². The van der Waals surface area contributed by atoms with E-state index in [1.54, 1.807) is 30.1 Å². The Labute approximate surface area is 138 Å². The van der Waals surface area contributed by atoms with Gasteiger partial charge in [0.15, 0.2) is 5.82 Å². The molecule has 1 aromatic heterocycles. The Morgan fingerprint density at radius 1 is 1.33 bits per heavy atom. The first-order valence-corrected chi connectivity index (χ1v) is 7.38. The number of nitrogens with one attached hydrogen (secondary N) is 1. The van der Waals surface area contributed by atoms with Gasteiger partial charge in [-0.1, -0.05) is 18.2 Å². The maximum absolute atomic E-state index is 12.3. The van der Waals surface area contributed by atoms with E-state index in [1.807, 2.05) is 18.2 Å². The lowest BCUT2D eigenvalue weighted by atomic mass is 10.1. The largest absolute Gasteiger partial charge is 0.368 e. The summed E-state index contributed by atoms with van der Waals surface area (Å²) in [7, 11) is 1.79. The van der Waals surface area contributed by atoms with Gasteiger partial charge in [-0.05, 0) is 12.1 Å². The van der Waals surface area contributed by atoms with E-state index in [-0.39, 0.29) is 24.6 Å². The first-order valence-electron chi connectivity index (χ1n) is 7.38. The van der Waals surface area contributed by atoms with Crippen molar-refractivity contribution in [1.29, 1.82) is 0 Å². The molecule has 1 aliphatic rings. The first-order chi connectivity index (χ1) is 11.6. The van der Waals surface area contributed by atoms with Crippen LogP contribution in [-0.2, 0) is 23.2 Å². The van der Waals surface area contributed by atoms with Crippen molar-refractivity contribution in [3.63, 3.8) is 0 Å². The van der Waals surface area contributed by atoms with E-state index < -0.39 is 11.9 Å². The van der Waals surface area contributed by atoms with E-state index in [1.165, 1.54) is 5.01 Å². The number of hydrogen-bond donors (Lipinski definition) is 2. The molecule has 0 radical (unpaired) electrons. The van der Waals surface area contributed by atoms with Gasteiger partial charge in [0.1, 0.15) is 18.1 Å². The molecule has 3 N–H and O–H groups in total. The summed E-state index contributed by atoms with van der Waals surface area (Å²) in [6.45, 7) is 0.223. The van der Waals surface area contributed by atoms with E-state index in [4.69, 9.17) is 5.73 Å². The lowest BCUT2D eigenvalue weighted by Gasteiger charge is -2.20. The quantitative estimate of drug-likeness (QED) is 0.771. The molecule has 1 aromatic carbocycles. The molecule has 9 heteroatoms. The van der Waals surface area contributed by atoms with E-state index >= 15 is 0 Å². The molecule has 0 spiro atoms. The van der Waals surface area contributed by atoms with Crippen molar-refractivity contribution in [2.45, 2.75) is 19.0 Å². The van der Waals surface area contributed by atoms with Crippen molar-refractivity contribution in [2.75, 3.05) is 5.01 Å². The molecule has 24 heavy (non-hydrogen) atoms. The van der Waals surface area contributed by atoms with Gasteiger partial charge in [-0.3, -0.25) is 14.6 Å². The summed E-state index contributed by atoms with van der Waals surface area (Å²) in [5.41, 5.74) is 6.41. The average Bonchev–Trinajstić information content (AvgIpc) is 3.20. The van der Waals surface area contributed by atoms with Gasteiger partial charge in [-0.2, -0.15) is 5.10 Å². The molecular weight excluding hydrogens is 310 g/mol. The van der Waals surface area contributed by atoms with E-state index in [0.717, 1.165) is 0 Å². The SMILES string of the molecule is Cn1cnnc1CNC(=O)C1=NN(c2ccccc2)[C@@H](C(N)=O)C1. The third-order valence-electron chi connectivity index (χ3n) is 3.73. The number of nitrogens with two attached hydrogens (primary N) is 1. The maximum Gasteiger partial charge on any atom is 0.267 e. The highest BCUT2D eigenvalue weighted by molar-refractivity contribution is 6.40. The highest BCUT2D eigenvalue weighted by atomic mass is 16.2. The van der Waals surface area contributed by atoms with Crippen LogP contribution in [0.4, 0.5) is 5.69 Å². The van der Waals surface area contributed by atoms with Crippen molar-refractivity contribution in [3.05, 3.63) is 42.5 Å². The first kappa shape index (κ1) is 15.7. The second kappa shape index (κ2) is 6.49. The number of hydrogen-bond acceptors (Lipinski definition) is 6. The lowest BCUT2D eigenvalue weighted by Crippen LogP contribution is -2.39. The molecule has 124 valence electrons. The van der Waals surface area contributed by atoms with Gasteiger partial charge in [-0.15, -0.1) is 10.2 Å². The van der Waals surface area contributed by atoms with Crippen LogP contribution in [-0.4, -0.2) is 38.3 Å². The Kier molecular flexibility index (Phi) is 4.23. The van der Waals surface area contributed by atoms with Crippen LogP contribution < -0.4 is 16.1 Å². The number of aryl methyl sites for hydroxylation is 1. The Hall–Kier alpha value is -3.23. The molecular formula is C15H17N7O2. The second-order valence-corrected chi connectivity index (χ2v) is 5.39. The monoisotopic (exact) mass is 327 g/mol. The van der Waals surface area contributed by atoms with Crippen LogP contribution in [0.2, 0.25) is 0 Å². The minimum atomic E-state index is -0.678. The summed E-state index contributed by atoms with van der Waals surface area (Å²) in [6.07, 6.45) is 1.71. The van der Waals surface area contributed by atoms with Crippen LogP contribution in [0.1, 0.15) is 12.2 Å². The minimum absolute atomic E-state index is 0.162. The zero-order valence-electron chi connectivity index (χ0n) is 13.1. The Morgan fingerprint density at radius 3 is 2.71 bits per heavy atom. The molecule has 1 atom stereocenters. The fourth-order valence-electron chi connectivity index (χ4n) is 2.42. The summed E-state index contributed by atoms with van der Waals surface area (Å²) >= 11 is 0. The number of aromatic nitrogens is 3. The Morgan fingerprint density at radius 2 is 2.08 bits per heavy atom. The number of primary amides is 1. The molecule has 0 unspecified atom stereocenters. The smallest absolute Gasteiger partial charge is 0.267 e. The Bertz CT molecular complexity index is 784. The predicted molar refractivity (Wildman–Crippen MR) is 86.8 cm³/mol. The third kappa shape index (κ3) is 3.09. The van der Waals surface area contributed by atoms with Gasteiger partial charge in [0.05, 0.1) is 12.2 Å². The minimum Gasteiger partial charge on any atom is -0.368 e. The maximum atomic E-state index is 12.3. The summed E-state index contributed by atoms with van der Waals surface area (Å²) in [5.74, 6) is -0.269.